The Balaban J connectivity index is 1.27. The van der Waals surface area contributed by atoms with Crippen molar-refractivity contribution in [2.75, 3.05) is 17.7 Å². The highest BCUT2D eigenvalue weighted by Gasteiger charge is 2.22. The number of benzene rings is 4. The van der Waals surface area contributed by atoms with Gasteiger partial charge in [-0.05, 0) is 65.9 Å². The van der Waals surface area contributed by atoms with E-state index in [4.69, 9.17) is 5.10 Å². The van der Waals surface area contributed by atoms with Gasteiger partial charge in [-0.15, -0.1) is 0 Å². The number of amides is 2. The van der Waals surface area contributed by atoms with Crippen LogP contribution in [0.2, 0.25) is 0 Å². The number of pyridine rings is 1. The van der Waals surface area contributed by atoms with Crippen LogP contribution in [0.3, 0.4) is 0 Å². The Morgan fingerprint density at radius 2 is 1.53 bits per heavy atom. The van der Waals surface area contributed by atoms with Gasteiger partial charge in [-0.25, -0.2) is 9.48 Å². The number of rotatable bonds is 7. The summed E-state index contributed by atoms with van der Waals surface area (Å²) in [5.74, 6) is 0.605. The van der Waals surface area contributed by atoms with Crippen LogP contribution in [0.5, 0.6) is 0 Å². The first-order valence-electron chi connectivity index (χ1n) is 15.2. The molecule has 7 heteroatoms. The Labute approximate surface area is 264 Å². The van der Waals surface area contributed by atoms with Crippen molar-refractivity contribution >= 4 is 28.3 Å². The van der Waals surface area contributed by atoms with Crippen LogP contribution in [-0.4, -0.2) is 27.8 Å². The zero-order valence-electron chi connectivity index (χ0n) is 26.3. The predicted octanol–water partition coefficient (Wildman–Crippen LogP) is 8.65. The highest BCUT2D eigenvalue weighted by molar-refractivity contribution is 6.09. The van der Waals surface area contributed by atoms with Crippen molar-refractivity contribution in [2.45, 2.75) is 39.2 Å². The summed E-state index contributed by atoms with van der Waals surface area (Å²) in [6.45, 7) is 8.38. The first kappa shape index (κ1) is 29.8. The lowest BCUT2D eigenvalue weighted by Gasteiger charge is -2.18. The molecule has 0 aliphatic carbocycles. The molecule has 1 unspecified atom stereocenters. The second-order valence-corrected chi connectivity index (χ2v) is 12.3. The van der Waals surface area contributed by atoms with Gasteiger partial charge in [0.25, 0.3) is 0 Å². The number of carbonyl (C=O) groups excluding carboxylic acids is 1. The van der Waals surface area contributed by atoms with E-state index < -0.39 is 0 Å². The van der Waals surface area contributed by atoms with Gasteiger partial charge in [0.15, 0.2) is 0 Å². The summed E-state index contributed by atoms with van der Waals surface area (Å²) >= 11 is 0. The number of hydrogen-bond donors (Lipinski definition) is 3. The van der Waals surface area contributed by atoms with Crippen LogP contribution in [0.4, 0.5) is 16.3 Å². The first-order chi connectivity index (χ1) is 21.7. The van der Waals surface area contributed by atoms with E-state index in [2.05, 4.69) is 84.2 Å². The van der Waals surface area contributed by atoms with Crippen LogP contribution in [0.15, 0.2) is 116 Å². The Kier molecular flexibility index (Phi) is 8.20. The van der Waals surface area contributed by atoms with Crippen LogP contribution < -0.4 is 16.0 Å². The molecule has 0 bridgehead atoms. The topological polar surface area (TPSA) is 83.9 Å². The predicted molar refractivity (Wildman–Crippen MR) is 184 cm³/mol. The molecule has 0 saturated carbocycles. The molecule has 0 spiro atoms. The first-order valence-corrected chi connectivity index (χ1v) is 15.2. The SMILES string of the molecule is CNC(c1ccc(-c2ccc(NC(=O)Nc3cc(C(C)(C)C)nn3-c3ccc(C)cc3)c3ccccc23)cc1)c1cccnc1. The van der Waals surface area contributed by atoms with Gasteiger partial charge in [-0.2, -0.15) is 5.10 Å². The fourth-order valence-corrected chi connectivity index (χ4v) is 5.58. The highest BCUT2D eigenvalue weighted by Crippen LogP contribution is 2.35. The summed E-state index contributed by atoms with van der Waals surface area (Å²) in [4.78, 5) is 17.7. The van der Waals surface area contributed by atoms with E-state index in [9.17, 15) is 4.79 Å². The number of nitrogens with one attached hydrogen (secondary N) is 3. The summed E-state index contributed by atoms with van der Waals surface area (Å²) in [6.07, 6.45) is 3.68. The van der Waals surface area contributed by atoms with E-state index in [1.54, 1.807) is 10.9 Å². The summed E-state index contributed by atoms with van der Waals surface area (Å²) in [5, 5.41) is 16.4. The summed E-state index contributed by atoms with van der Waals surface area (Å²) in [5.41, 5.74) is 7.95. The van der Waals surface area contributed by atoms with E-state index in [-0.39, 0.29) is 17.5 Å². The molecular formula is C38H38N6O. The maximum Gasteiger partial charge on any atom is 0.324 e. The van der Waals surface area contributed by atoms with Crippen LogP contribution in [-0.2, 0) is 5.41 Å². The lowest BCUT2D eigenvalue weighted by atomic mass is 9.92. The number of carbonyl (C=O) groups is 1. The molecule has 6 aromatic rings. The molecule has 0 saturated heterocycles. The minimum absolute atomic E-state index is 0.0522. The summed E-state index contributed by atoms with van der Waals surface area (Å²) < 4.78 is 1.79. The zero-order chi connectivity index (χ0) is 31.6. The number of anilines is 2. The molecule has 7 nitrogen and oxygen atoms in total. The molecule has 3 N–H and O–H groups in total. The number of aryl methyl sites for hydroxylation is 1. The normalized spacial score (nSPS) is 12.2. The van der Waals surface area contributed by atoms with Gasteiger partial charge in [0.1, 0.15) is 5.82 Å². The quantitative estimate of drug-likeness (QED) is 0.173. The Morgan fingerprint density at radius 1 is 0.800 bits per heavy atom. The molecule has 2 heterocycles. The monoisotopic (exact) mass is 594 g/mol. The summed E-state index contributed by atoms with van der Waals surface area (Å²) in [6, 6.07) is 34.6. The maximum absolute atomic E-state index is 13.5. The molecule has 0 radical (unpaired) electrons. The minimum atomic E-state index is -0.334. The summed E-state index contributed by atoms with van der Waals surface area (Å²) in [7, 11) is 1.96. The van der Waals surface area contributed by atoms with Gasteiger partial charge in [0.05, 0.1) is 23.1 Å². The van der Waals surface area contributed by atoms with Crippen molar-refractivity contribution in [3.63, 3.8) is 0 Å². The average Bonchev–Trinajstić information content (AvgIpc) is 3.47. The van der Waals surface area contributed by atoms with Crippen molar-refractivity contribution < 1.29 is 4.79 Å². The number of nitrogens with zero attached hydrogens (tertiary/aromatic N) is 3. The van der Waals surface area contributed by atoms with Gasteiger partial charge in [-0.3, -0.25) is 10.3 Å². The molecule has 0 fully saturated rings. The van der Waals surface area contributed by atoms with Crippen molar-refractivity contribution in [1.82, 2.24) is 20.1 Å². The van der Waals surface area contributed by atoms with Crippen LogP contribution in [0.25, 0.3) is 27.6 Å². The fraction of sp³-hybridized carbons (Fsp3) is 0.184. The third-order valence-electron chi connectivity index (χ3n) is 8.03. The zero-order valence-corrected chi connectivity index (χ0v) is 26.3. The molecule has 226 valence electrons. The van der Waals surface area contributed by atoms with Crippen molar-refractivity contribution in [1.29, 1.82) is 0 Å². The van der Waals surface area contributed by atoms with Gasteiger partial charge in [0.2, 0.25) is 0 Å². The molecule has 0 aliphatic rings. The van der Waals surface area contributed by atoms with Crippen LogP contribution in [0, 0.1) is 6.92 Å². The van der Waals surface area contributed by atoms with E-state index in [0.29, 0.717) is 5.82 Å². The van der Waals surface area contributed by atoms with Crippen molar-refractivity contribution in [3.8, 4) is 16.8 Å². The molecule has 2 amide bonds. The third kappa shape index (κ3) is 6.35. The smallest absolute Gasteiger partial charge is 0.309 e. The van der Waals surface area contributed by atoms with Crippen molar-refractivity contribution in [2.24, 2.45) is 0 Å². The molecule has 0 aliphatic heterocycles. The van der Waals surface area contributed by atoms with Gasteiger partial charge < -0.3 is 10.6 Å². The molecular weight excluding hydrogens is 556 g/mol. The maximum atomic E-state index is 13.5. The van der Waals surface area contributed by atoms with Crippen LogP contribution in [0.1, 0.15) is 49.2 Å². The number of urea groups is 1. The standard InChI is InChI=1S/C38H38N6O/c1-25-12-18-29(19-13-25)44-35(23-34(43-44)38(2,3)4)42-37(45)41-33-21-20-30(31-10-6-7-11-32(31)33)26-14-16-27(17-15-26)36(39-5)28-9-8-22-40-24-28/h6-24,36,39H,1-5H3,(H2,41,42,45). The highest BCUT2D eigenvalue weighted by atomic mass is 16.2. The molecule has 6 rings (SSSR count). The Morgan fingerprint density at radius 3 is 2.20 bits per heavy atom. The Bertz CT molecular complexity index is 1940. The van der Waals surface area contributed by atoms with Crippen LogP contribution >= 0.6 is 0 Å². The fourth-order valence-electron chi connectivity index (χ4n) is 5.58. The molecule has 2 aromatic heterocycles. The molecule has 1 atom stereocenters. The Hall–Kier alpha value is -5.27. The second-order valence-electron chi connectivity index (χ2n) is 12.3. The largest absolute Gasteiger partial charge is 0.324 e. The van der Waals surface area contributed by atoms with E-state index >= 15 is 0 Å². The van der Waals surface area contributed by atoms with Gasteiger partial charge >= 0.3 is 6.03 Å². The van der Waals surface area contributed by atoms with E-state index in [0.717, 1.165) is 55.7 Å². The lowest BCUT2D eigenvalue weighted by molar-refractivity contribution is 0.262. The van der Waals surface area contributed by atoms with Gasteiger partial charge in [0, 0.05) is 29.3 Å². The van der Waals surface area contributed by atoms with Crippen molar-refractivity contribution in [3.05, 3.63) is 138 Å². The lowest BCUT2D eigenvalue weighted by Crippen LogP contribution is -2.21. The van der Waals surface area contributed by atoms with E-state index in [1.807, 2.05) is 80.8 Å². The minimum Gasteiger partial charge on any atom is -0.309 e. The molecule has 45 heavy (non-hydrogen) atoms. The second kappa shape index (κ2) is 12.4. The van der Waals surface area contributed by atoms with E-state index in [1.165, 1.54) is 0 Å². The average molecular weight is 595 g/mol. The number of hydrogen-bond acceptors (Lipinski definition) is 4. The molecule has 4 aromatic carbocycles. The number of fused-ring (bicyclic) bond motifs is 1. The third-order valence-corrected chi connectivity index (χ3v) is 8.03. The van der Waals surface area contributed by atoms with Gasteiger partial charge in [-0.1, -0.05) is 99.1 Å². The number of aromatic nitrogens is 3.